The first-order valence-electron chi connectivity index (χ1n) is 3.62. The van der Waals surface area contributed by atoms with Gasteiger partial charge in [0.1, 0.15) is 24.7 Å². The summed E-state index contributed by atoms with van der Waals surface area (Å²) in [6.45, 7) is -0.948. The van der Waals surface area contributed by atoms with E-state index in [1.165, 1.54) is 6.07 Å². The third-order valence-corrected chi connectivity index (χ3v) is 1.64. The van der Waals surface area contributed by atoms with Crippen LogP contribution in [-0.2, 0) is 0 Å². The SMILES string of the molecule is N#Cc1cc(C(O)CF)ccc1F. The molecule has 0 aliphatic heterocycles. The molecule has 0 heterocycles. The number of halogens is 2. The van der Waals surface area contributed by atoms with E-state index in [0.717, 1.165) is 12.1 Å². The van der Waals surface area contributed by atoms with E-state index in [1.807, 2.05) is 0 Å². The van der Waals surface area contributed by atoms with Gasteiger partial charge < -0.3 is 5.11 Å². The molecule has 2 nitrogen and oxygen atoms in total. The molecule has 0 aliphatic carbocycles. The summed E-state index contributed by atoms with van der Waals surface area (Å²) in [4.78, 5) is 0. The topological polar surface area (TPSA) is 44.0 Å². The summed E-state index contributed by atoms with van der Waals surface area (Å²) in [5.41, 5.74) is 0.0189. The molecule has 0 fully saturated rings. The number of hydrogen-bond donors (Lipinski definition) is 1. The third kappa shape index (κ3) is 2.01. The molecule has 1 aromatic rings. The highest BCUT2D eigenvalue weighted by Gasteiger charge is 2.09. The molecule has 1 atom stereocenters. The number of benzene rings is 1. The Labute approximate surface area is 74.0 Å². The van der Waals surface area contributed by atoms with Gasteiger partial charge in [0.05, 0.1) is 5.56 Å². The average molecular weight is 183 g/mol. The summed E-state index contributed by atoms with van der Waals surface area (Å²) in [7, 11) is 0. The van der Waals surface area contributed by atoms with Crippen LogP contribution in [0.1, 0.15) is 17.2 Å². The van der Waals surface area contributed by atoms with Gasteiger partial charge in [0.15, 0.2) is 0 Å². The minimum Gasteiger partial charge on any atom is -0.386 e. The quantitative estimate of drug-likeness (QED) is 0.758. The van der Waals surface area contributed by atoms with Gasteiger partial charge >= 0.3 is 0 Å². The van der Waals surface area contributed by atoms with Crippen molar-refractivity contribution in [3.8, 4) is 6.07 Å². The molecule has 1 unspecified atom stereocenters. The van der Waals surface area contributed by atoms with E-state index in [-0.39, 0.29) is 11.1 Å². The monoisotopic (exact) mass is 183 g/mol. The molecule has 0 radical (unpaired) electrons. The summed E-state index contributed by atoms with van der Waals surface area (Å²) >= 11 is 0. The Balaban J connectivity index is 3.08. The molecule has 0 aromatic heterocycles. The predicted octanol–water partition coefficient (Wildman–Crippen LogP) is 1.70. The molecule has 0 saturated heterocycles. The van der Waals surface area contributed by atoms with Crippen molar-refractivity contribution in [3.63, 3.8) is 0 Å². The lowest BCUT2D eigenvalue weighted by molar-refractivity contribution is 0.141. The first-order chi connectivity index (χ1) is 6.19. The number of nitrogens with zero attached hydrogens (tertiary/aromatic N) is 1. The van der Waals surface area contributed by atoms with Gasteiger partial charge in [-0.05, 0) is 17.7 Å². The van der Waals surface area contributed by atoms with Crippen LogP contribution in [0.5, 0.6) is 0 Å². The predicted molar refractivity (Wildman–Crippen MR) is 42.0 cm³/mol. The molecule has 13 heavy (non-hydrogen) atoms. The zero-order chi connectivity index (χ0) is 9.84. The Hall–Kier alpha value is -1.47. The van der Waals surface area contributed by atoms with E-state index < -0.39 is 18.6 Å². The van der Waals surface area contributed by atoms with E-state index in [1.54, 1.807) is 6.07 Å². The second-order valence-electron chi connectivity index (χ2n) is 2.52. The summed E-state index contributed by atoms with van der Waals surface area (Å²) in [6.07, 6.45) is -1.28. The van der Waals surface area contributed by atoms with Gasteiger partial charge in [-0.1, -0.05) is 6.07 Å². The summed E-state index contributed by atoms with van der Waals surface area (Å²) in [5.74, 6) is -0.669. The highest BCUT2D eigenvalue weighted by Crippen LogP contribution is 2.16. The van der Waals surface area contributed by atoms with Crippen LogP contribution in [0.15, 0.2) is 18.2 Å². The highest BCUT2D eigenvalue weighted by atomic mass is 19.1. The van der Waals surface area contributed by atoms with Crippen molar-refractivity contribution in [2.45, 2.75) is 6.10 Å². The Kier molecular flexibility index (Phi) is 2.93. The normalized spacial score (nSPS) is 12.2. The summed E-state index contributed by atoms with van der Waals surface area (Å²) in [6, 6.07) is 5.03. The zero-order valence-corrected chi connectivity index (χ0v) is 6.67. The minimum atomic E-state index is -1.28. The Bertz CT molecular complexity index is 346. The summed E-state index contributed by atoms with van der Waals surface area (Å²) < 4.78 is 24.7. The van der Waals surface area contributed by atoms with Crippen LogP contribution < -0.4 is 0 Å². The van der Waals surface area contributed by atoms with Gasteiger partial charge in [-0.25, -0.2) is 8.78 Å². The molecule has 0 aliphatic rings. The van der Waals surface area contributed by atoms with Gasteiger partial charge in [0, 0.05) is 0 Å². The molecule has 4 heteroatoms. The molecular formula is C9H7F2NO. The van der Waals surface area contributed by atoms with Crippen LogP contribution in [0.25, 0.3) is 0 Å². The van der Waals surface area contributed by atoms with E-state index in [0.29, 0.717) is 0 Å². The van der Waals surface area contributed by atoms with Crippen molar-refractivity contribution in [2.75, 3.05) is 6.67 Å². The molecular weight excluding hydrogens is 176 g/mol. The molecule has 0 spiro atoms. The van der Waals surface area contributed by atoms with Gasteiger partial charge in [-0.3, -0.25) is 0 Å². The van der Waals surface area contributed by atoms with E-state index in [2.05, 4.69) is 0 Å². The number of aliphatic hydroxyl groups excluding tert-OH is 1. The smallest absolute Gasteiger partial charge is 0.140 e. The first-order valence-corrected chi connectivity index (χ1v) is 3.62. The van der Waals surface area contributed by atoms with Crippen molar-refractivity contribution >= 4 is 0 Å². The molecule has 1 N–H and O–H groups in total. The number of aliphatic hydroxyl groups is 1. The average Bonchev–Trinajstić information content (AvgIpc) is 2.17. The number of rotatable bonds is 2. The molecule has 0 amide bonds. The maximum absolute atomic E-state index is 12.7. The van der Waals surface area contributed by atoms with Crippen molar-refractivity contribution in [1.82, 2.24) is 0 Å². The molecule has 1 rings (SSSR count). The highest BCUT2D eigenvalue weighted by molar-refractivity contribution is 5.35. The molecule has 1 aromatic carbocycles. The molecule has 0 bridgehead atoms. The maximum Gasteiger partial charge on any atom is 0.140 e. The fourth-order valence-electron chi connectivity index (χ4n) is 0.925. The van der Waals surface area contributed by atoms with Crippen LogP contribution >= 0.6 is 0 Å². The van der Waals surface area contributed by atoms with Crippen LogP contribution in [0.2, 0.25) is 0 Å². The fraction of sp³-hybridized carbons (Fsp3) is 0.222. The van der Waals surface area contributed by atoms with E-state index in [4.69, 9.17) is 10.4 Å². The van der Waals surface area contributed by atoms with E-state index >= 15 is 0 Å². The van der Waals surface area contributed by atoms with Gasteiger partial charge in [-0.15, -0.1) is 0 Å². The first kappa shape index (κ1) is 9.62. The van der Waals surface area contributed by atoms with Crippen molar-refractivity contribution in [1.29, 1.82) is 5.26 Å². The minimum absolute atomic E-state index is 0.190. The van der Waals surface area contributed by atoms with Crippen LogP contribution in [0.4, 0.5) is 8.78 Å². The zero-order valence-electron chi connectivity index (χ0n) is 6.67. The second-order valence-corrected chi connectivity index (χ2v) is 2.52. The Morgan fingerprint density at radius 2 is 2.23 bits per heavy atom. The lowest BCUT2D eigenvalue weighted by Gasteiger charge is -2.06. The van der Waals surface area contributed by atoms with Crippen LogP contribution in [0, 0.1) is 17.1 Å². The molecule has 0 saturated carbocycles. The van der Waals surface area contributed by atoms with Crippen LogP contribution in [-0.4, -0.2) is 11.8 Å². The fourth-order valence-corrected chi connectivity index (χ4v) is 0.925. The van der Waals surface area contributed by atoms with Gasteiger partial charge in [0.25, 0.3) is 0 Å². The lowest BCUT2D eigenvalue weighted by atomic mass is 10.1. The van der Waals surface area contributed by atoms with Crippen molar-refractivity contribution in [3.05, 3.63) is 35.1 Å². The van der Waals surface area contributed by atoms with Crippen molar-refractivity contribution in [2.24, 2.45) is 0 Å². The van der Waals surface area contributed by atoms with Gasteiger partial charge in [0.2, 0.25) is 0 Å². The Morgan fingerprint density at radius 3 is 2.77 bits per heavy atom. The molecule has 68 valence electrons. The summed E-state index contributed by atoms with van der Waals surface area (Å²) in [5, 5.41) is 17.5. The van der Waals surface area contributed by atoms with Crippen molar-refractivity contribution < 1.29 is 13.9 Å². The maximum atomic E-state index is 12.7. The van der Waals surface area contributed by atoms with Crippen LogP contribution in [0.3, 0.4) is 0 Å². The lowest BCUT2D eigenvalue weighted by Crippen LogP contribution is -2.00. The van der Waals surface area contributed by atoms with E-state index in [9.17, 15) is 8.78 Å². The standard InChI is InChI=1S/C9H7F2NO/c10-4-9(13)6-1-2-8(11)7(3-6)5-12/h1-3,9,13H,4H2. The Morgan fingerprint density at radius 1 is 1.54 bits per heavy atom. The number of alkyl halides is 1. The third-order valence-electron chi connectivity index (χ3n) is 1.64. The second kappa shape index (κ2) is 3.97. The number of nitriles is 1. The number of hydrogen-bond acceptors (Lipinski definition) is 2. The largest absolute Gasteiger partial charge is 0.386 e. The van der Waals surface area contributed by atoms with Gasteiger partial charge in [-0.2, -0.15) is 5.26 Å².